The SMILES string of the molecule is Nc1cccc(Nc2ncc(-c3cc[nH]c3)cn2)c1. The second-order valence-corrected chi connectivity index (χ2v) is 4.15. The summed E-state index contributed by atoms with van der Waals surface area (Å²) >= 11 is 0. The summed E-state index contributed by atoms with van der Waals surface area (Å²) < 4.78 is 0. The molecule has 0 radical (unpaired) electrons. The van der Waals surface area contributed by atoms with Crippen LogP contribution in [0.1, 0.15) is 0 Å². The van der Waals surface area contributed by atoms with Crippen LogP contribution in [0.25, 0.3) is 11.1 Å². The highest BCUT2D eigenvalue weighted by molar-refractivity contribution is 5.63. The molecule has 0 atom stereocenters. The predicted molar refractivity (Wildman–Crippen MR) is 76.0 cm³/mol. The number of nitrogen functional groups attached to an aromatic ring is 1. The van der Waals surface area contributed by atoms with E-state index in [1.54, 1.807) is 12.4 Å². The first-order chi connectivity index (χ1) is 9.31. The zero-order valence-corrected chi connectivity index (χ0v) is 10.2. The third-order valence-electron chi connectivity index (χ3n) is 2.73. The van der Waals surface area contributed by atoms with Gasteiger partial charge in [-0.3, -0.25) is 0 Å². The molecule has 0 unspecified atom stereocenters. The lowest BCUT2D eigenvalue weighted by atomic mass is 10.2. The first kappa shape index (κ1) is 11.3. The van der Waals surface area contributed by atoms with E-state index >= 15 is 0 Å². The molecule has 94 valence electrons. The molecular weight excluding hydrogens is 238 g/mol. The van der Waals surface area contributed by atoms with E-state index < -0.39 is 0 Å². The normalized spacial score (nSPS) is 10.3. The molecule has 19 heavy (non-hydrogen) atoms. The molecule has 5 nitrogen and oxygen atoms in total. The summed E-state index contributed by atoms with van der Waals surface area (Å²) in [6, 6.07) is 9.44. The largest absolute Gasteiger partial charge is 0.399 e. The van der Waals surface area contributed by atoms with Crippen molar-refractivity contribution >= 4 is 17.3 Å². The average molecular weight is 251 g/mol. The maximum atomic E-state index is 5.72. The second kappa shape index (κ2) is 4.81. The quantitative estimate of drug-likeness (QED) is 0.625. The first-order valence-electron chi connectivity index (χ1n) is 5.89. The molecule has 0 saturated carbocycles. The van der Waals surface area contributed by atoms with Crippen LogP contribution in [0.15, 0.2) is 55.1 Å². The van der Waals surface area contributed by atoms with Crippen LogP contribution in [0, 0.1) is 0 Å². The number of anilines is 3. The fraction of sp³-hybridized carbons (Fsp3) is 0. The highest BCUT2D eigenvalue weighted by atomic mass is 15.1. The molecule has 0 aliphatic heterocycles. The summed E-state index contributed by atoms with van der Waals surface area (Å²) in [5.41, 5.74) is 9.33. The lowest BCUT2D eigenvalue weighted by Crippen LogP contribution is -1.97. The van der Waals surface area contributed by atoms with Crippen molar-refractivity contribution in [1.82, 2.24) is 15.0 Å². The van der Waals surface area contributed by atoms with Crippen LogP contribution in [-0.4, -0.2) is 15.0 Å². The van der Waals surface area contributed by atoms with E-state index in [0.29, 0.717) is 11.6 Å². The molecule has 0 amide bonds. The minimum Gasteiger partial charge on any atom is -0.399 e. The number of H-pyrrole nitrogens is 1. The number of hydrogen-bond acceptors (Lipinski definition) is 4. The Bertz CT molecular complexity index is 659. The van der Waals surface area contributed by atoms with E-state index in [1.807, 2.05) is 42.7 Å². The Morgan fingerprint density at radius 3 is 2.58 bits per heavy atom. The molecule has 1 aromatic carbocycles. The molecule has 3 rings (SSSR count). The van der Waals surface area contributed by atoms with Gasteiger partial charge < -0.3 is 16.0 Å². The monoisotopic (exact) mass is 251 g/mol. The molecule has 2 aromatic heterocycles. The zero-order chi connectivity index (χ0) is 13.1. The summed E-state index contributed by atoms with van der Waals surface area (Å²) in [4.78, 5) is 11.6. The van der Waals surface area contributed by atoms with Crippen LogP contribution in [0.4, 0.5) is 17.3 Å². The summed E-state index contributed by atoms with van der Waals surface area (Å²) in [5, 5.41) is 3.11. The first-order valence-corrected chi connectivity index (χ1v) is 5.89. The van der Waals surface area contributed by atoms with Gasteiger partial charge >= 0.3 is 0 Å². The summed E-state index contributed by atoms with van der Waals surface area (Å²) in [7, 11) is 0. The number of aromatic nitrogens is 3. The van der Waals surface area contributed by atoms with E-state index in [9.17, 15) is 0 Å². The Hall–Kier alpha value is -2.82. The van der Waals surface area contributed by atoms with Crippen molar-refractivity contribution in [2.24, 2.45) is 0 Å². The van der Waals surface area contributed by atoms with Crippen molar-refractivity contribution in [3.63, 3.8) is 0 Å². The predicted octanol–water partition coefficient (Wildman–Crippen LogP) is 2.80. The van der Waals surface area contributed by atoms with Crippen molar-refractivity contribution in [1.29, 1.82) is 0 Å². The number of nitrogens with two attached hydrogens (primary N) is 1. The van der Waals surface area contributed by atoms with Gasteiger partial charge in [0.15, 0.2) is 0 Å². The van der Waals surface area contributed by atoms with Crippen molar-refractivity contribution in [2.75, 3.05) is 11.1 Å². The topological polar surface area (TPSA) is 79.6 Å². The molecule has 0 bridgehead atoms. The molecular formula is C14H13N5. The Labute approximate surface area is 110 Å². The summed E-state index contributed by atoms with van der Waals surface area (Å²) in [6.45, 7) is 0. The van der Waals surface area contributed by atoms with Crippen LogP contribution >= 0.6 is 0 Å². The van der Waals surface area contributed by atoms with E-state index in [4.69, 9.17) is 5.73 Å². The van der Waals surface area contributed by atoms with Crippen molar-refractivity contribution in [2.45, 2.75) is 0 Å². The number of rotatable bonds is 3. The van der Waals surface area contributed by atoms with E-state index in [0.717, 1.165) is 16.8 Å². The van der Waals surface area contributed by atoms with E-state index in [-0.39, 0.29) is 0 Å². The van der Waals surface area contributed by atoms with Gasteiger partial charge in [0, 0.05) is 47.3 Å². The Kier molecular flexibility index (Phi) is 2.86. The Balaban J connectivity index is 1.80. The van der Waals surface area contributed by atoms with Gasteiger partial charge in [-0.1, -0.05) is 6.07 Å². The highest BCUT2D eigenvalue weighted by Gasteiger charge is 2.01. The fourth-order valence-corrected chi connectivity index (χ4v) is 1.79. The van der Waals surface area contributed by atoms with Crippen molar-refractivity contribution in [3.8, 4) is 11.1 Å². The van der Waals surface area contributed by atoms with Gasteiger partial charge in [-0.15, -0.1) is 0 Å². The zero-order valence-electron chi connectivity index (χ0n) is 10.2. The van der Waals surface area contributed by atoms with Crippen LogP contribution < -0.4 is 11.1 Å². The molecule has 5 heteroatoms. The fourth-order valence-electron chi connectivity index (χ4n) is 1.79. The Morgan fingerprint density at radius 1 is 1.05 bits per heavy atom. The Morgan fingerprint density at radius 2 is 1.89 bits per heavy atom. The molecule has 4 N–H and O–H groups in total. The average Bonchev–Trinajstić information content (AvgIpc) is 2.94. The van der Waals surface area contributed by atoms with Crippen LogP contribution in [0.3, 0.4) is 0 Å². The highest BCUT2D eigenvalue weighted by Crippen LogP contribution is 2.19. The third-order valence-corrected chi connectivity index (χ3v) is 2.73. The van der Waals surface area contributed by atoms with Gasteiger partial charge in [-0.25, -0.2) is 9.97 Å². The van der Waals surface area contributed by atoms with Gasteiger partial charge in [-0.2, -0.15) is 0 Å². The van der Waals surface area contributed by atoms with Gasteiger partial charge in [0.2, 0.25) is 5.95 Å². The van der Waals surface area contributed by atoms with Crippen LogP contribution in [0.2, 0.25) is 0 Å². The van der Waals surface area contributed by atoms with Gasteiger partial charge in [0.1, 0.15) is 0 Å². The molecule has 0 spiro atoms. The van der Waals surface area contributed by atoms with Crippen molar-refractivity contribution in [3.05, 3.63) is 55.1 Å². The maximum Gasteiger partial charge on any atom is 0.227 e. The number of hydrogen-bond donors (Lipinski definition) is 3. The van der Waals surface area contributed by atoms with E-state index in [2.05, 4.69) is 20.3 Å². The van der Waals surface area contributed by atoms with Crippen LogP contribution in [0.5, 0.6) is 0 Å². The van der Waals surface area contributed by atoms with E-state index in [1.165, 1.54) is 0 Å². The third kappa shape index (κ3) is 2.55. The summed E-state index contributed by atoms with van der Waals surface area (Å²) in [5.74, 6) is 0.546. The second-order valence-electron chi connectivity index (χ2n) is 4.15. The molecule has 0 fully saturated rings. The smallest absolute Gasteiger partial charge is 0.227 e. The minimum absolute atomic E-state index is 0.546. The lowest BCUT2D eigenvalue weighted by Gasteiger charge is -2.05. The van der Waals surface area contributed by atoms with Crippen molar-refractivity contribution < 1.29 is 0 Å². The number of nitrogens with zero attached hydrogens (tertiary/aromatic N) is 2. The van der Waals surface area contributed by atoms with Gasteiger partial charge in [0.05, 0.1) is 0 Å². The van der Waals surface area contributed by atoms with Gasteiger partial charge in [0.25, 0.3) is 0 Å². The molecule has 3 aromatic rings. The van der Waals surface area contributed by atoms with Crippen LogP contribution in [-0.2, 0) is 0 Å². The standard InChI is InChI=1S/C14H13N5/c15-12-2-1-3-13(6-12)19-14-17-8-11(9-18-14)10-4-5-16-7-10/h1-9,16H,15H2,(H,17,18,19). The summed E-state index contributed by atoms with van der Waals surface area (Å²) in [6.07, 6.45) is 7.34. The van der Waals surface area contributed by atoms with Gasteiger partial charge in [-0.05, 0) is 24.3 Å². The molecule has 0 aliphatic carbocycles. The number of benzene rings is 1. The molecule has 2 heterocycles. The number of nitrogens with one attached hydrogen (secondary N) is 2. The number of aromatic amines is 1. The maximum absolute atomic E-state index is 5.72. The molecule has 0 saturated heterocycles. The lowest BCUT2D eigenvalue weighted by molar-refractivity contribution is 1.17. The minimum atomic E-state index is 0.546. The molecule has 0 aliphatic rings.